The second kappa shape index (κ2) is 5.19. The zero-order valence-corrected chi connectivity index (χ0v) is 10.8. The lowest BCUT2D eigenvalue weighted by Gasteiger charge is -2.10. The van der Waals surface area contributed by atoms with Crippen LogP contribution in [-0.4, -0.2) is 9.55 Å². The third-order valence-corrected chi connectivity index (χ3v) is 3.07. The van der Waals surface area contributed by atoms with Crippen LogP contribution in [0.2, 0.25) is 5.02 Å². The molecule has 2 aromatic rings. The minimum Gasteiger partial charge on any atom is -0.391 e. The van der Waals surface area contributed by atoms with Crippen molar-refractivity contribution in [2.24, 2.45) is 0 Å². The molecule has 1 aromatic heterocycles. The first kappa shape index (κ1) is 13.2. The number of hydrogen-bond donors (Lipinski definition) is 3. The van der Waals surface area contributed by atoms with Crippen LogP contribution < -0.4 is 22.7 Å². The van der Waals surface area contributed by atoms with Crippen LogP contribution in [0.4, 0.5) is 11.5 Å². The predicted molar refractivity (Wildman–Crippen MR) is 75.3 cm³/mol. The van der Waals surface area contributed by atoms with Crippen LogP contribution >= 0.6 is 11.6 Å². The molecule has 100 valence electrons. The van der Waals surface area contributed by atoms with Gasteiger partial charge in [0.1, 0.15) is 11.5 Å². The maximum absolute atomic E-state index is 11.6. The van der Waals surface area contributed by atoms with Crippen LogP contribution in [0.3, 0.4) is 0 Å². The SMILES string of the molecule is Nc1c(N)n(CCc2ccc(Cl)cc2)c(=O)[nH]c1=O. The second-order valence-corrected chi connectivity index (χ2v) is 4.52. The molecule has 0 aliphatic rings. The quantitative estimate of drug-likeness (QED) is 0.765. The summed E-state index contributed by atoms with van der Waals surface area (Å²) < 4.78 is 1.24. The number of H-pyrrole nitrogens is 1. The largest absolute Gasteiger partial charge is 0.391 e. The molecule has 7 heteroatoms. The van der Waals surface area contributed by atoms with Crippen molar-refractivity contribution in [1.29, 1.82) is 0 Å². The summed E-state index contributed by atoms with van der Waals surface area (Å²) in [5, 5.41) is 0.647. The zero-order chi connectivity index (χ0) is 14.0. The van der Waals surface area contributed by atoms with Crippen molar-refractivity contribution in [3.8, 4) is 0 Å². The van der Waals surface area contributed by atoms with E-state index in [1.807, 2.05) is 12.1 Å². The van der Waals surface area contributed by atoms with E-state index >= 15 is 0 Å². The summed E-state index contributed by atoms with van der Waals surface area (Å²) in [6, 6.07) is 7.26. The molecule has 0 aliphatic heterocycles. The van der Waals surface area contributed by atoms with Crippen LogP contribution in [0.15, 0.2) is 33.9 Å². The first-order chi connectivity index (χ1) is 8.99. The van der Waals surface area contributed by atoms with Gasteiger partial charge in [0.05, 0.1) is 0 Å². The Bertz CT molecular complexity index is 703. The Hall–Kier alpha value is -2.21. The fourth-order valence-corrected chi connectivity index (χ4v) is 1.84. The minimum absolute atomic E-state index is 0.0114. The fourth-order valence-electron chi connectivity index (χ4n) is 1.72. The van der Waals surface area contributed by atoms with E-state index in [2.05, 4.69) is 4.98 Å². The highest BCUT2D eigenvalue weighted by Gasteiger charge is 2.08. The lowest BCUT2D eigenvalue weighted by molar-refractivity contribution is 0.657. The molecule has 0 fully saturated rings. The lowest BCUT2D eigenvalue weighted by Crippen LogP contribution is -2.34. The number of aromatic amines is 1. The number of aromatic nitrogens is 2. The van der Waals surface area contributed by atoms with Gasteiger partial charge in [0, 0.05) is 11.6 Å². The molecule has 5 N–H and O–H groups in total. The molecule has 2 rings (SSSR count). The van der Waals surface area contributed by atoms with Crippen molar-refractivity contribution in [2.45, 2.75) is 13.0 Å². The normalized spacial score (nSPS) is 10.6. The second-order valence-electron chi connectivity index (χ2n) is 4.09. The molecule has 0 saturated carbocycles. The number of hydrogen-bond acceptors (Lipinski definition) is 4. The van der Waals surface area contributed by atoms with Gasteiger partial charge in [0.25, 0.3) is 5.56 Å². The van der Waals surface area contributed by atoms with Gasteiger partial charge < -0.3 is 11.5 Å². The van der Waals surface area contributed by atoms with Crippen molar-refractivity contribution in [3.05, 3.63) is 55.7 Å². The summed E-state index contributed by atoms with van der Waals surface area (Å²) in [5.74, 6) is -0.0114. The first-order valence-electron chi connectivity index (χ1n) is 5.61. The Labute approximate surface area is 113 Å². The Morgan fingerprint density at radius 2 is 1.79 bits per heavy atom. The average Bonchev–Trinajstić information content (AvgIpc) is 2.38. The molecule has 0 spiro atoms. The van der Waals surface area contributed by atoms with Crippen molar-refractivity contribution in [1.82, 2.24) is 9.55 Å². The molecule has 0 saturated heterocycles. The Kier molecular flexibility index (Phi) is 3.62. The number of aryl methyl sites for hydroxylation is 1. The van der Waals surface area contributed by atoms with Crippen molar-refractivity contribution < 1.29 is 0 Å². The van der Waals surface area contributed by atoms with Crippen LogP contribution in [0, 0.1) is 0 Å². The van der Waals surface area contributed by atoms with Gasteiger partial charge in [-0.25, -0.2) is 4.79 Å². The average molecular weight is 281 g/mol. The summed E-state index contributed by atoms with van der Waals surface area (Å²) in [5.41, 5.74) is 10.8. The van der Waals surface area contributed by atoms with Crippen molar-refractivity contribution in [2.75, 3.05) is 11.5 Å². The number of anilines is 2. The van der Waals surface area contributed by atoms with Gasteiger partial charge in [-0.3, -0.25) is 14.3 Å². The van der Waals surface area contributed by atoms with E-state index in [1.54, 1.807) is 12.1 Å². The van der Waals surface area contributed by atoms with Crippen LogP contribution in [0.25, 0.3) is 0 Å². The first-order valence-corrected chi connectivity index (χ1v) is 5.99. The molecule has 0 atom stereocenters. The lowest BCUT2D eigenvalue weighted by atomic mass is 10.1. The fraction of sp³-hybridized carbons (Fsp3) is 0.167. The molecule has 0 bridgehead atoms. The van der Waals surface area contributed by atoms with Gasteiger partial charge in [-0.1, -0.05) is 23.7 Å². The van der Waals surface area contributed by atoms with E-state index in [0.717, 1.165) is 5.56 Å². The van der Waals surface area contributed by atoms with Crippen LogP contribution in [0.1, 0.15) is 5.56 Å². The highest BCUT2D eigenvalue weighted by molar-refractivity contribution is 6.30. The van der Waals surface area contributed by atoms with E-state index < -0.39 is 11.2 Å². The van der Waals surface area contributed by atoms with Gasteiger partial charge in [0.15, 0.2) is 0 Å². The molecule has 0 unspecified atom stereocenters. The van der Waals surface area contributed by atoms with Gasteiger partial charge in [-0.15, -0.1) is 0 Å². The molecule has 6 nitrogen and oxygen atoms in total. The molecular weight excluding hydrogens is 268 g/mol. The molecular formula is C12H13ClN4O2. The Morgan fingerprint density at radius 3 is 2.42 bits per heavy atom. The third-order valence-electron chi connectivity index (χ3n) is 2.81. The molecule has 19 heavy (non-hydrogen) atoms. The Morgan fingerprint density at radius 1 is 1.16 bits per heavy atom. The van der Waals surface area contributed by atoms with Gasteiger partial charge in [-0.2, -0.15) is 0 Å². The van der Waals surface area contributed by atoms with E-state index in [1.165, 1.54) is 4.57 Å². The van der Waals surface area contributed by atoms with Gasteiger partial charge in [-0.05, 0) is 24.1 Å². The van der Waals surface area contributed by atoms with E-state index in [0.29, 0.717) is 18.0 Å². The number of nitrogen functional groups attached to an aromatic ring is 2. The van der Waals surface area contributed by atoms with Crippen LogP contribution in [-0.2, 0) is 13.0 Å². The third kappa shape index (κ3) is 2.79. The van der Waals surface area contributed by atoms with Gasteiger partial charge in [0.2, 0.25) is 0 Å². The van der Waals surface area contributed by atoms with Crippen LogP contribution in [0.5, 0.6) is 0 Å². The van der Waals surface area contributed by atoms with E-state index in [-0.39, 0.29) is 11.5 Å². The number of halogens is 1. The molecule has 0 amide bonds. The zero-order valence-electron chi connectivity index (χ0n) is 10.0. The predicted octanol–water partition coefficient (Wildman–Crippen LogP) is 0.597. The number of nitrogens with one attached hydrogen (secondary N) is 1. The van der Waals surface area contributed by atoms with E-state index in [4.69, 9.17) is 23.1 Å². The number of rotatable bonds is 3. The molecule has 0 radical (unpaired) electrons. The molecule has 1 heterocycles. The monoisotopic (exact) mass is 280 g/mol. The highest BCUT2D eigenvalue weighted by Crippen LogP contribution is 2.11. The number of benzene rings is 1. The Balaban J connectivity index is 2.25. The van der Waals surface area contributed by atoms with Gasteiger partial charge >= 0.3 is 5.69 Å². The topological polar surface area (TPSA) is 107 Å². The van der Waals surface area contributed by atoms with Crippen molar-refractivity contribution in [3.63, 3.8) is 0 Å². The van der Waals surface area contributed by atoms with E-state index in [9.17, 15) is 9.59 Å². The highest BCUT2D eigenvalue weighted by atomic mass is 35.5. The summed E-state index contributed by atoms with van der Waals surface area (Å²) in [6.45, 7) is 0.327. The maximum Gasteiger partial charge on any atom is 0.330 e. The summed E-state index contributed by atoms with van der Waals surface area (Å²) in [6.07, 6.45) is 0.576. The number of nitrogens with zero attached hydrogens (tertiary/aromatic N) is 1. The summed E-state index contributed by atoms with van der Waals surface area (Å²) >= 11 is 5.79. The smallest absolute Gasteiger partial charge is 0.330 e. The summed E-state index contributed by atoms with van der Waals surface area (Å²) in [7, 11) is 0. The molecule has 1 aromatic carbocycles. The minimum atomic E-state index is -0.662. The number of nitrogens with two attached hydrogens (primary N) is 2. The molecule has 0 aliphatic carbocycles. The van der Waals surface area contributed by atoms with Crippen molar-refractivity contribution >= 4 is 23.1 Å². The standard InChI is InChI=1S/C12H13ClN4O2/c13-8-3-1-7(2-4-8)5-6-17-10(15)9(14)11(18)16-12(17)19/h1-4H,5-6,14-15H2,(H,16,18,19). The summed E-state index contributed by atoms with van der Waals surface area (Å²) in [4.78, 5) is 25.0. The maximum atomic E-state index is 11.6.